The summed E-state index contributed by atoms with van der Waals surface area (Å²) < 4.78 is 5.34. The predicted octanol–water partition coefficient (Wildman–Crippen LogP) is -1.80. The van der Waals surface area contributed by atoms with Gasteiger partial charge in [0.05, 0.1) is 12.3 Å². The second-order valence-corrected chi connectivity index (χ2v) is 5.08. The lowest BCUT2D eigenvalue weighted by atomic mass is 10.3. The van der Waals surface area contributed by atoms with E-state index in [-0.39, 0.29) is 26.1 Å². The highest BCUT2D eigenvalue weighted by Gasteiger charge is 2.29. The molecule has 0 fully saturated rings. The summed E-state index contributed by atoms with van der Waals surface area (Å²) in [4.78, 5) is 47.6. The van der Waals surface area contributed by atoms with Gasteiger partial charge in [0, 0.05) is 50.4 Å². The molecule has 2 aliphatic rings. The first-order chi connectivity index (χ1) is 10.9. The predicted molar refractivity (Wildman–Crippen MR) is 78.0 cm³/mol. The van der Waals surface area contributed by atoms with Crippen molar-refractivity contribution in [2.45, 2.75) is 25.2 Å². The number of nitrogens with zero attached hydrogens (tertiary/aromatic N) is 2. The van der Waals surface area contributed by atoms with Crippen LogP contribution >= 0.6 is 0 Å². The van der Waals surface area contributed by atoms with Crippen LogP contribution in [0.2, 0.25) is 0 Å². The van der Waals surface area contributed by atoms with E-state index in [2.05, 4.69) is 0 Å². The first-order valence-corrected chi connectivity index (χ1v) is 7.11. The molecule has 4 amide bonds. The summed E-state index contributed by atoms with van der Waals surface area (Å²) in [5.74, 6) is -1.77. The molecule has 2 unspecified atom stereocenters. The van der Waals surface area contributed by atoms with Crippen LogP contribution in [0.3, 0.4) is 0 Å². The van der Waals surface area contributed by atoms with E-state index in [9.17, 15) is 19.2 Å². The molecule has 0 aromatic carbocycles. The first-order valence-electron chi connectivity index (χ1n) is 7.11. The van der Waals surface area contributed by atoms with Gasteiger partial charge >= 0.3 is 0 Å². The zero-order valence-electron chi connectivity index (χ0n) is 12.4. The van der Waals surface area contributed by atoms with Crippen molar-refractivity contribution >= 4 is 23.6 Å². The Morgan fingerprint density at radius 3 is 1.35 bits per heavy atom. The Morgan fingerprint density at radius 1 is 0.739 bits per heavy atom. The molecule has 0 aliphatic carbocycles. The summed E-state index contributed by atoms with van der Waals surface area (Å²) in [6.45, 7) is 0.427. The molecule has 0 aromatic heterocycles. The molecule has 2 heterocycles. The second-order valence-electron chi connectivity index (χ2n) is 5.08. The molecule has 2 atom stereocenters. The third kappa shape index (κ3) is 3.89. The topological polar surface area (TPSA) is 136 Å². The fraction of sp³-hybridized carbons (Fsp3) is 0.429. The number of ether oxygens (including phenoxy) is 1. The number of amides is 4. The van der Waals surface area contributed by atoms with Crippen LogP contribution in [0, 0.1) is 0 Å². The van der Waals surface area contributed by atoms with E-state index in [4.69, 9.17) is 16.2 Å². The van der Waals surface area contributed by atoms with Crippen molar-refractivity contribution in [2.24, 2.45) is 11.5 Å². The molecular weight excluding hydrogens is 304 g/mol. The van der Waals surface area contributed by atoms with Gasteiger partial charge in [-0.3, -0.25) is 29.0 Å². The Kier molecular flexibility index (Phi) is 5.37. The van der Waals surface area contributed by atoms with Gasteiger partial charge < -0.3 is 16.2 Å². The summed E-state index contributed by atoms with van der Waals surface area (Å²) in [5, 5.41) is 0. The normalized spacial score (nSPS) is 20.1. The van der Waals surface area contributed by atoms with Crippen LogP contribution in [-0.2, 0) is 23.9 Å². The zero-order valence-corrected chi connectivity index (χ0v) is 12.4. The Labute approximate surface area is 132 Å². The van der Waals surface area contributed by atoms with Crippen molar-refractivity contribution in [3.05, 3.63) is 24.3 Å². The largest absolute Gasteiger partial charge is 0.381 e. The average Bonchev–Trinajstić information content (AvgIpc) is 3.00. The van der Waals surface area contributed by atoms with Crippen LogP contribution < -0.4 is 11.5 Å². The Hall–Kier alpha value is -2.36. The second kappa shape index (κ2) is 7.27. The molecule has 0 aromatic rings. The number of nitrogens with two attached hydrogens (primary N) is 2. The fourth-order valence-corrected chi connectivity index (χ4v) is 2.25. The smallest absolute Gasteiger partial charge is 0.254 e. The molecule has 2 aliphatic heterocycles. The van der Waals surface area contributed by atoms with Crippen LogP contribution in [0.4, 0.5) is 0 Å². The third-order valence-electron chi connectivity index (χ3n) is 3.47. The van der Waals surface area contributed by atoms with E-state index >= 15 is 0 Å². The summed E-state index contributed by atoms with van der Waals surface area (Å²) in [5.41, 5.74) is 11.5. The molecular formula is C14H18N4O5. The van der Waals surface area contributed by atoms with Crippen LogP contribution in [0.5, 0.6) is 0 Å². The number of imide groups is 2. The summed E-state index contributed by atoms with van der Waals surface area (Å²) in [6, 6.07) is 0. The molecule has 0 saturated heterocycles. The number of hydrogen-bond donors (Lipinski definition) is 2. The molecule has 9 nitrogen and oxygen atoms in total. The Bertz CT molecular complexity index is 500. The highest BCUT2D eigenvalue weighted by atomic mass is 16.5. The van der Waals surface area contributed by atoms with Crippen molar-refractivity contribution in [2.75, 3.05) is 13.2 Å². The Balaban J connectivity index is 1.64. The van der Waals surface area contributed by atoms with Crippen LogP contribution in [0.15, 0.2) is 24.3 Å². The monoisotopic (exact) mass is 322 g/mol. The zero-order chi connectivity index (χ0) is 17.0. The third-order valence-corrected chi connectivity index (χ3v) is 3.47. The molecule has 0 saturated carbocycles. The average molecular weight is 322 g/mol. The lowest BCUT2D eigenvalue weighted by Gasteiger charge is -2.23. The van der Waals surface area contributed by atoms with Gasteiger partial charge in [-0.15, -0.1) is 0 Å². The maximum Gasteiger partial charge on any atom is 0.254 e. The molecule has 4 N–H and O–H groups in total. The minimum atomic E-state index is -0.760. The van der Waals surface area contributed by atoms with Crippen molar-refractivity contribution in [3.63, 3.8) is 0 Å². The number of carbonyl (C=O) groups is 4. The van der Waals surface area contributed by atoms with E-state index in [0.717, 1.165) is 9.80 Å². The van der Waals surface area contributed by atoms with E-state index in [1.807, 2.05) is 0 Å². The molecule has 0 bridgehead atoms. The minimum Gasteiger partial charge on any atom is -0.381 e. The SMILES string of the molecule is NC(CCOCCC(N)N1C(=O)C=CC1=O)N1C(=O)C=CC1=O. The lowest BCUT2D eigenvalue weighted by molar-refractivity contribution is -0.141. The molecule has 2 rings (SSSR count). The first kappa shape index (κ1) is 17.0. The quantitative estimate of drug-likeness (QED) is 0.397. The Morgan fingerprint density at radius 2 is 1.04 bits per heavy atom. The van der Waals surface area contributed by atoms with E-state index in [1.165, 1.54) is 24.3 Å². The number of rotatable bonds is 8. The van der Waals surface area contributed by atoms with Crippen molar-refractivity contribution in [3.8, 4) is 0 Å². The summed E-state index contributed by atoms with van der Waals surface area (Å²) >= 11 is 0. The van der Waals surface area contributed by atoms with Crippen molar-refractivity contribution < 1.29 is 23.9 Å². The van der Waals surface area contributed by atoms with Gasteiger partial charge in [0.1, 0.15) is 0 Å². The maximum absolute atomic E-state index is 11.4. The van der Waals surface area contributed by atoms with Gasteiger partial charge in [-0.05, 0) is 0 Å². The van der Waals surface area contributed by atoms with Gasteiger partial charge in [-0.2, -0.15) is 0 Å². The molecule has 0 spiro atoms. The van der Waals surface area contributed by atoms with Crippen LogP contribution in [0.1, 0.15) is 12.8 Å². The molecule has 9 heteroatoms. The number of hydrogen-bond acceptors (Lipinski definition) is 7. The van der Waals surface area contributed by atoms with Crippen LogP contribution in [-0.4, -0.2) is 59.0 Å². The maximum atomic E-state index is 11.4. The molecule has 23 heavy (non-hydrogen) atoms. The van der Waals surface area contributed by atoms with Gasteiger partial charge in [0.2, 0.25) is 0 Å². The van der Waals surface area contributed by atoms with Gasteiger partial charge in [0.15, 0.2) is 0 Å². The molecule has 124 valence electrons. The lowest BCUT2D eigenvalue weighted by Crippen LogP contribution is -2.47. The number of carbonyl (C=O) groups excluding carboxylic acids is 4. The fourth-order valence-electron chi connectivity index (χ4n) is 2.25. The van der Waals surface area contributed by atoms with Crippen molar-refractivity contribution in [1.29, 1.82) is 0 Å². The van der Waals surface area contributed by atoms with Gasteiger partial charge in [0.25, 0.3) is 23.6 Å². The summed E-state index contributed by atoms with van der Waals surface area (Å²) in [7, 11) is 0. The van der Waals surface area contributed by atoms with E-state index in [0.29, 0.717) is 0 Å². The van der Waals surface area contributed by atoms with E-state index in [1.54, 1.807) is 0 Å². The highest BCUT2D eigenvalue weighted by molar-refractivity contribution is 6.13. The molecule has 0 radical (unpaired) electrons. The van der Waals surface area contributed by atoms with E-state index < -0.39 is 36.0 Å². The van der Waals surface area contributed by atoms with Crippen molar-refractivity contribution in [1.82, 2.24) is 9.80 Å². The van der Waals surface area contributed by atoms with Gasteiger partial charge in [-0.25, -0.2) is 0 Å². The van der Waals surface area contributed by atoms with Crippen LogP contribution in [0.25, 0.3) is 0 Å². The summed E-state index contributed by atoms with van der Waals surface area (Å²) in [6.07, 6.45) is 3.70. The highest BCUT2D eigenvalue weighted by Crippen LogP contribution is 2.10. The van der Waals surface area contributed by atoms with Gasteiger partial charge in [-0.1, -0.05) is 0 Å². The standard InChI is InChI=1S/C14H18N4O5/c15-9(17-11(19)1-2-12(17)20)5-7-23-8-6-10(16)18-13(21)3-4-14(18)22/h1-4,9-10H,5-8,15-16H2. The minimum absolute atomic E-state index is 0.213.